The highest BCUT2D eigenvalue weighted by Crippen LogP contribution is 2.28. The fraction of sp³-hybridized carbons (Fsp3) is 0.500. The van der Waals surface area contributed by atoms with Crippen LogP contribution < -0.4 is 10.5 Å². The highest BCUT2D eigenvalue weighted by Gasteiger charge is 2.27. The van der Waals surface area contributed by atoms with Gasteiger partial charge in [-0.2, -0.15) is 11.8 Å². The van der Waals surface area contributed by atoms with Crippen molar-refractivity contribution < 1.29 is 8.42 Å². The lowest BCUT2D eigenvalue weighted by molar-refractivity contribution is 0.552. The van der Waals surface area contributed by atoms with Crippen molar-refractivity contribution in [2.24, 2.45) is 5.73 Å². The monoisotopic (exact) mass is 344 g/mol. The molecule has 0 heterocycles. The molecule has 0 amide bonds. The molecule has 0 spiro atoms. The molecular weight excluding hydrogens is 324 g/mol. The Balaban J connectivity index is 2.06. The summed E-state index contributed by atoms with van der Waals surface area (Å²) >= 11 is 6.78. The molecule has 1 aromatic rings. The lowest BCUT2D eigenvalue weighted by atomic mass is 10.1. The van der Waals surface area contributed by atoms with Gasteiger partial charge in [0.05, 0.1) is 5.75 Å². The minimum Gasteiger partial charge on any atom is -0.389 e. The second kappa shape index (κ2) is 7.09. The van der Waals surface area contributed by atoms with Crippen LogP contribution in [0, 0.1) is 0 Å². The first-order chi connectivity index (χ1) is 9.91. The summed E-state index contributed by atoms with van der Waals surface area (Å²) < 4.78 is 27.5. The third-order valence-corrected chi connectivity index (χ3v) is 6.39. The Kier molecular flexibility index (Phi) is 5.65. The number of nitrogens with two attached hydrogens (primary N) is 1. The summed E-state index contributed by atoms with van der Waals surface area (Å²) in [6, 6.07) is 7.16. The van der Waals surface area contributed by atoms with Crippen LogP contribution >= 0.6 is 24.0 Å². The zero-order valence-corrected chi connectivity index (χ0v) is 14.4. The number of rotatable bonds is 6. The van der Waals surface area contributed by atoms with Gasteiger partial charge in [-0.25, -0.2) is 13.1 Å². The normalized spacial score (nSPS) is 22.3. The Morgan fingerprint density at radius 2 is 2.14 bits per heavy atom. The third kappa shape index (κ3) is 4.67. The van der Waals surface area contributed by atoms with Gasteiger partial charge in [0, 0.05) is 16.9 Å². The standard InChI is InChI=1S/C14H20N2O2S3/c1-20-12-7-6-11(8-12)16-21(17,18)9-10-4-2-3-5-13(10)14(15)19/h2-5,11-12,16H,6-9H2,1H3,(H2,15,19). The maximum absolute atomic E-state index is 12.3. The van der Waals surface area contributed by atoms with E-state index in [1.807, 2.05) is 0 Å². The van der Waals surface area contributed by atoms with E-state index in [1.54, 1.807) is 36.0 Å². The van der Waals surface area contributed by atoms with E-state index in [1.165, 1.54) is 0 Å². The molecule has 1 saturated carbocycles. The molecule has 2 atom stereocenters. The molecule has 1 aliphatic carbocycles. The average Bonchev–Trinajstić information content (AvgIpc) is 2.85. The van der Waals surface area contributed by atoms with Crippen LogP contribution in [0.25, 0.3) is 0 Å². The number of hydrogen-bond acceptors (Lipinski definition) is 4. The molecular formula is C14H20N2O2S3. The molecule has 2 unspecified atom stereocenters. The van der Waals surface area contributed by atoms with E-state index in [9.17, 15) is 8.42 Å². The summed E-state index contributed by atoms with van der Waals surface area (Å²) in [6.07, 6.45) is 4.94. The predicted molar refractivity (Wildman–Crippen MR) is 93.0 cm³/mol. The van der Waals surface area contributed by atoms with Gasteiger partial charge in [-0.3, -0.25) is 0 Å². The molecule has 0 saturated heterocycles. The molecule has 0 aromatic heterocycles. The second-order valence-electron chi connectivity index (χ2n) is 5.27. The number of hydrogen-bond donors (Lipinski definition) is 2. The third-order valence-electron chi connectivity index (χ3n) is 3.69. The van der Waals surface area contributed by atoms with Crippen molar-refractivity contribution >= 4 is 39.0 Å². The van der Waals surface area contributed by atoms with Crippen LogP contribution in [0.15, 0.2) is 24.3 Å². The molecule has 0 radical (unpaired) electrons. The zero-order valence-electron chi connectivity index (χ0n) is 11.9. The van der Waals surface area contributed by atoms with E-state index in [0.29, 0.717) is 16.4 Å². The minimum absolute atomic E-state index is 0.0458. The van der Waals surface area contributed by atoms with Crippen molar-refractivity contribution in [3.63, 3.8) is 0 Å². The van der Waals surface area contributed by atoms with Crippen LogP contribution in [0.2, 0.25) is 0 Å². The molecule has 1 aliphatic rings. The van der Waals surface area contributed by atoms with Crippen molar-refractivity contribution in [1.29, 1.82) is 0 Å². The summed E-state index contributed by atoms with van der Waals surface area (Å²) in [5.74, 6) is -0.0824. The Labute approximate surface area is 135 Å². The van der Waals surface area contributed by atoms with E-state index >= 15 is 0 Å². The average molecular weight is 345 g/mol. The van der Waals surface area contributed by atoms with E-state index in [2.05, 4.69) is 11.0 Å². The van der Waals surface area contributed by atoms with Gasteiger partial charge in [-0.05, 0) is 31.1 Å². The summed E-state index contributed by atoms with van der Waals surface area (Å²) in [6.45, 7) is 0. The summed E-state index contributed by atoms with van der Waals surface area (Å²) in [5.41, 5.74) is 6.93. The summed E-state index contributed by atoms with van der Waals surface area (Å²) in [5, 5.41) is 0.557. The van der Waals surface area contributed by atoms with Gasteiger partial charge in [0.15, 0.2) is 0 Å². The van der Waals surface area contributed by atoms with E-state index < -0.39 is 10.0 Å². The molecule has 1 aromatic carbocycles. The van der Waals surface area contributed by atoms with Gasteiger partial charge in [-0.1, -0.05) is 36.5 Å². The van der Waals surface area contributed by atoms with Gasteiger partial charge >= 0.3 is 0 Å². The summed E-state index contributed by atoms with van der Waals surface area (Å²) in [4.78, 5) is 0.226. The molecule has 2 rings (SSSR count). The summed E-state index contributed by atoms with van der Waals surface area (Å²) in [7, 11) is -3.38. The van der Waals surface area contributed by atoms with Crippen LogP contribution in [0.1, 0.15) is 30.4 Å². The number of sulfonamides is 1. The highest BCUT2D eigenvalue weighted by molar-refractivity contribution is 7.99. The Morgan fingerprint density at radius 3 is 2.76 bits per heavy atom. The van der Waals surface area contributed by atoms with Gasteiger partial charge in [0.25, 0.3) is 0 Å². The van der Waals surface area contributed by atoms with Crippen molar-refractivity contribution in [2.75, 3.05) is 6.26 Å². The molecule has 3 N–H and O–H groups in total. The van der Waals surface area contributed by atoms with Gasteiger partial charge in [-0.15, -0.1) is 0 Å². The van der Waals surface area contributed by atoms with Crippen molar-refractivity contribution in [3.05, 3.63) is 35.4 Å². The molecule has 7 heteroatoms. The predicted octanol–water partition coefficient (Wildman–Crippen LogP) is 2.02. The number of thiocarbonyl (C=S) groups is 1. The van der Waals surface area contributed by atoms with Crippen LogP contribution in [0.3, 0.4) is 0 Å². The first kappa shape index (κ1) is 16.7. The molecule has 21 heavy (non-hydrogen) atoms. The molecule has 1 fully saturated rings. The second-order valence-corrected chi connectivity index (χ2v) is 8.60. The topological polar surface area (TPSA) is 72.2 Å². The first-order valence-electron chi connectivity index (χ1n) is 6.82. The first-order valence-corrected chi connectivity index (χ1v) is 10.2. The van der Waals surface area contributed by atoms with Crippen LogP contribution in [0.5, 0.6) is 0 Å². The molecule has 4 nitrogen and oxygen atoms in total. The lowest BCUT2D eigenvalue weighted by Crippen LogP contribution is -2.34. The highest BCUT2D eigenvalue weighted by atomic mass is 32.2. The Hall–Kier alpha value is -0.630. The SMILES string of the molecule is CSC1CCC(NS(=O)(=O)Cc2ccccc2C(N)=S)C1. The Morgan fingerprint density at radius 1 is 1.43 bits per heavy atom. The molecule has 0 aliphatic heterocycles. The van der Waals surface area contributed by atoms with Gasteiger partial charge < -0.3 is 5.73 Å². The number of thioether (sulfide) groups is 1. The number of nitrogens with one attached hydrogen (secondary N) is 1. The fourth-order valence-corrected chi connectivity index (χ4v) is 5.11. The number of benzene rings is 1. The van der Waals surface area contributed by atoms with Crippen LogP contribution in [0.4, 0.5) is 0 Å². The van der Waals surface area contributed by atoms with Gasteiger partial charge in [0.1, 0.15) is 4.99 Å². The quantitative estimate of drug-likeness (QED) is 0.773. The smallest absolute Gasteiger partial charge is 0.216 e. The van der Waals surface area contributed by atoms with Crippen molar-refractivity contribution in [3.8, 4) is 0 Å². The van der Waals surface area contributed by atoms with E-state index in [0.717, 1.165) is 19.3 Å². The van der Waals surface area contributed by atoms with Crippen LogP contribution in [-0.4, -0.2) is 31.0 Å². The largest absolute Gasteiger partial charge is 0.389 e. The maximum Gasteiger partial charge on any atom is 0.216 e. The molecule has 116 valence electrons. The molecule has 0 bridgehead atoms. The lowest BCUT2D eigenvalue weighted by Gasteiger charge is -2.14. The van der Waals surface area contributed by atoms with E-state index in [4.69, 9.17) is 18.0 Å². The van der Waals surface area contributed by atoms with Gasteiger partial charge in [0.2, 0.25) is 10.0 Å². The fourth-order valence-electron chi connectivity index (χ4n) is 2.65. The van der Waals surface area contributed by atoms with Crippen LogP contribution in [-0.2, 0) is 15.8 Å². The Bertz CT molecular complexity index is 616. The van der Waals surface area contributed by atoms with E-state index in [-0.39, 0.29) is 16.8 Å². The minimum atomic E-state index is -3.38. The maximum atomic E-state index is 12.3. The zero-order chi connectivity index (χ0) is 15.5. The van der Waals surface area contributed by atoms with Crippen molar-refractivity contribution in [1.82, 2.24) is 4.72 Å². The van der Waals surface area contributed by atoms with Crippen molar-refractivity contribution in [2.45, 2.75) is 36.3 Å².